The minimum Gasteiger partial charge on any atom is -0.507 e. The van der Waals surface area contributed by atoms with E-state index < -0.39 is 0 Å². The van der Waals surface area contributed by atoms with Gasteiger partial charge in [0.15, 0.2) is 5.78 Å². The molecule has 1 fully saturated rings. The summed E-state index contributed by atoms with van der Waals surface area (Å²) in [5, 5.41) is 21.1. The summed E-state index contributed by atoms with van der Waals surface area (Å²) < 4.78 is 0. The fraction of sp³-hybridized carbons (Fsp3) is 0.407. The second kappa shape index (κ2) is 9.73. The Bertz CT molecular complexity index is 1340. The number of phenols is 1. The van der Waals surface area contributed by atoms with Crippen molar-refractivity contribution in [1.82, 2.24) is 25.3 Å². The molecule has 188 valence electrons. The van der Waals surface area contributed by atoms with Crippen molar-refractivity contribution in [2.45, 2.75) is 38.8 Å². The molecule has 0 spiro atoms. The highest BCUT2D eigenvalue weighted by Crippen LogP contribution is 2.33. The molecule has 2 aromatic carbocycles. The number of fused-ring (bicyclic) bond motifs is 2. The Hall–Kier alpha value is -3.72. The monoisotopic (exact) mass is 489 g/mol. The van der Waals surface area contributed by atoms with Crippen LogP contribution in [0.4, 0.5) is 0 Å². The van der Waals surface area contributed by atoms with E-state index in [0.717, 1.165) is 43.4 Å². The van der Waals surface area contributed by atoms with E-state index >= 15 is 0 Å². The number of hydrogen-bond acceptors (Lipinski definition) is 6. The lowest BCUT2D eigenvalue weighted by Gasteiger charge is -2.16. The van der Waals surface area contributed by atoms with Crippen LogP contribution in [0.5, 0.6) is 5.75 Å². The average Bonchev–Trinajstić information content (AvgIpc) is 3.61. The van der Waals surface area contributed by atoms with Crippen molar-refractivity contribution >= 4 is 28.5 Å². The van der Waals surface area contributed by atoms with E-state index in [1.165, 1.54) is 6.07 Å². The Labute approximate surface area is 209 Å². The van der Waals surface area contributed by atoms with Crippen molar-refractivity contribution in [1.29, 1.82) is 0 Å². The van der Waals surface area contributed by atoms with Gasteiger partial charge < -0.3 is 20.2 Å². The molecule has 0 radical (unpaired) electrons. The highest BCUT2D eigenvalue weighted by molar-refractivity contribution is 6.10. The lowest BCUT2D eigenvalue weighted by Crippen LogP contribution is -2.31. The third kappa shape index (κ3) is 4.58. The van der Waals surface area contributed by atoms with Crippen LogP contribution >= 0.6 is 0 Å². The molecule has 2 heterocycles. The molecule has 0 saturated heterocycles. The molecule has 0 bridgehead atoms. The van der Waals surface area contributed by atoms with Crippen LogP contribution in [0.15, 0.2) is 30.3 Å². The smallest absolute Gasteiger partial charge is 0.258 e. The number of H-pyrrole nitrogens is 1. The lowest BCUT2D eigenvalue weighted by atomic mass is 9.97. The number of aromatic hydroxyl groups is 1. The van der Waals surface area contributed by atoms with E-state index in [9.17, 15) is 19.5 Å². The number of amides is 2. The minimum absolute atomic E-state index is 0.00666. The van der Waals surface area contributed by atoms with Gasteiger partial charge in [-0.1, -0.05) is 18.9 Å². The van der Waals surface area contributed by atoms with Gasteiger partial charge in [0, 0.05) is 49.1 Å². The van der Waals surface area contributed by atoms with Gasteiger partial charge in [-0.05, 0) is 56.3 Å². The van der Waals surface area contributed by atoms with Gasteiger partial charge in [0.1, 0.15) is 11.4 Å². The molecule has 9 nitrogen and oxygen atoms in total. The largest absolute Gasteiger partial charge is 0.507 e. The number of carbonyl (C=O) groups is 3. The molecule has 0 atom stereocenters. The van der Waals surface area contributed by atoms with Gasteiger partial charge >= 0.3 is 0 Å². The van der Waals surface area contributed by atoms with Gasteiger partial charge in [0.25, 0.3) is 11.8 Å². The van der Waals surface area contributed by atoms with Crippen molar-refractivity contribution in [3.05, 3.63) is 58.3 Å². The number of benzene rings is 2. The molecule has 2 amide bonds. The molecule has 1 aromatic heterocycles. The number of phenolic OH excluding ortho intramolecular Hbond substituents is 1. The summed E-state index contributed by atoms with van der Waals surface area (Å²) in [6.07, 6.45) is 3.80. The van der Waals surface area contributed by atoms with Crippen LogP contribution in [0.3, 0.4) is 0 Å². The first kappa shape index (κ1) is 24.0. The van der Waals surface area contributed by atoms with Crippen LogP contribution in [0.2, 0.25) is 0 Å². The number of rotatable bonds is 7. The summed E-state index contributed by atoms with van der Waals surface area (Å²) >= 11 is 0. The Balaban J connectivity index is 1.34. The molecule has 5 rings (SSSR count). The predicted octanol–water partition coefficient (Wildman–Crippen LogP) is 3.09. The second-order valence-electron chi connectivity index (χ2n) is 10.0. The minimum atomic E-state index is -0.331. The topological polar surface area (TPSA) is 119 Å². The third-order valence-electron chi connectivity index (χ3n) is 7.19. The summed E-state index contributed by atoms with van der Waals surface area (Å²) in [7, 11) is 3.90. The molecule has 0 unspecified atom stereocenters. The van der Waals surface area contributed by atoms with Crippen molar-refractivity contribution in [2.75, 3.05) is 27.2 Å². The summed E-state index contributed by atoms with van der Waals surface area (Å²) in [5.74, 6) is -0.678. The summed E-state index contributed by atoms with van der Waals surface area (Å²) in [6.45, 7) is 2.02. The Morgan fingerprint density at radius 2 is 1.86 bits per heavy atom. The van der Waals surface area contributed by atoms with Gasteiger partial charge in [0.2, 0.25) is 0 Å². The number of likely N-dealkylation sites (N-methyl/N-ethyl adjacent to an activating group) is 1. The van der Waals surface area contributed by atoms with E-state index in [-0.39, 0.29) is 34.8 Å². The first-order valence-corrected chi connectivity index (χ1v) is 12.4. The van der Waals surface area contributed by atoms with E-state index in [1.54, 1.807) is 17.0 Å². The van der Waals surface area contributed by atoms with Crippen molar-refractivity contribution in [3.63, 3.8) is 0 Å². The van der Waals surface area contributed by atoms with Gasteiger partial charge in [-0.25, -0.2) is 0 Å². The van der Waals surface area contributed by atoms with E-state index in [1.807, 2.05) is 31.1 Å². The fourth-order valence-electron chi connectivity index (χ4n) is 5.14. The maximum Gasteiger partial charge on any atom is 0.258 e. The number of nitrogens with zero attached hydrogens (tertiary/aromatic N) is 3. The maximum atomic E-state index is 13.4. The molecule has 2 aliphatic rings. The lowest BCUT2D eigenvalue weighted by molar-refractivity contribution is 0.0748. The molecule has 1 aliphatic carbocycles. The van der Waals surface area contributed by atoms with Gasteiger partial charge in [-0.15, -0.1) is 0 Å². The number of aromatic nitrogens is 2. The fourth-order valence-corrected chi connectivity index (χ4v) is 5.14. The number of carbonyl (C=O) groups excluding carboxylic acids is 3. The van der Waals surface area contributed by atoms with Gasteiger partial charge in [0.05, 0.1) is 11.1 Å². The SMILES string of the molecule is CN(C)CCNC(=O)c1ccc2c(c1)CN(C(=O)c1cc3c(C(=O)C4CCCC4)n[nH]c3cc1O)C2. The number of hydrogen-bond donors (Lipinski definition) is 3. The first-order chi connectivity index (χ1) is 17.3. The molecule has 36 heavy (non-hydrogen) atoms. The zero-order valence-electron chi connectivity index (χ0n) is 20.6. The van der Waals surface area contributed by atoms with E-state index in [4.69, 9.17) is 0 Å². The predicted molar refractivity (Wildman–Crippen MR) is 135 cm³/mol. The molecule has 1 saturated carbocycles. The number of ketones is 1. The molecular formula is C27H31N5O4. The standard InChI is InChI=1S/C27H31N5O4/c1-31(2)10-9-28-26(35)17-7-8-18-14-32(15-19(18)11-17)27(36)21-12-20-22(13-23(21)33)29-30-24(20)25(34)16-5-3-4-6-16/h7-8,11-13,16,33H,3-6,9-10,14-15H2,1-2H3,(H,28,35)(H,29,30). The third-order valence-corrected chi connectivity index (χ3v) is 7.19. The summed E-state index contributed by atoms with van der Waals surface area (Å²) in [6, 6.07) is 8.51. The highest BCUT2D eigenvalue weighted by atomic mass is 16.3. The second-order valence-corrected chi connectivity index (χ2v) is 10.0. The Kier molecular flexibility index (Phi) is 6.49. The average molecular weight is 490 g/mol. The molecule has 1 aliphatic heterocycles. The van der Waals surface area contributed by atoms with Crippen LogP contribution in [-0.2, 0) is 13.1 Å². The number of aromatic amines is 1. The molecule has 3 N–H and O–H groups in total. The molecule has 3 aromatic rings. The quantitative estimate of drug-likeness (QED) is 0.439. The number of Topliss-reactive ketones (excluding diaryl/α,β-unsaturated/α-hetero) is 1. The molecule has 9 heteroatoms. The first-order valence-electron chi connectivity index (χ1n) is 12.4. The van der Waals surface area contributed by atoms with Crippen LogP contribution in [0.1, 0.15) is 68.0 Å². The number of nitrogens with one attached hydrogen (secondary N) is 2. The normalized spacial score (nSPS) is 15.6. The van der Waals surface area contributed by atoms with E-state index in [0.29, 0.717) is 41.8 Å². The van der Waals surface area contributed by atoms with Crippen LogP contribution < -0.4 is 5.32 Å². The van der Waals surface area contributed by atoms with Crippen LogP contribution in [0.25, 0.3) is 10.9 Å². The Morgan fingerprint density at radius 3 is 2.61 bits per heavy atom. The van der Waals surface area contributed by atoms with Gasteiger partial charge in [-0.3, -0.25) is 19.5 Å². The van der Waals surface area contributed by atoms with Crippen LogP contribution in [0, 0.1) is 5.92 Å². The zero-order valence-corrected chi connectivity index (χ0v) is 20.6. The van der Waals surface area contributed by atoms with Gasteiger partial charge in [-0.2, -0.15) is 5.10 Å². The summed E-state index contributed by atoms with van der Waals surface area (Å²) in [4.78, 5) is 42.6. The highest BCUT2D eigenvalue weighted by Gasteiger charge is 2.30. The Morgan fingerprint density at radius 1 is 1.11 bits per heavy atom. The van der Waals surface area contributed by atoms with E-state index in [2.05, 4.69) is 15.5 Å². The van der Waals surface area contributed by atoms with Crippen LogP contribution in [-0.4, -0.2) is 69.9 Å². The summed E-state index contributed by atoms with van der Waals surface area (Å²) in [5.41, 5.74) is 3.43. The van der Waals surface area contributed by atoms with Crippen molar-refractivity contribution in [3.8, 4) is 5.75 Å². The zero-order chi connectivity index (χ0) is 25.4. The van der Waals surface area contributed by atoms with Crippen molar-refractivity contribution < 1.29 is 19.5 Å². The molecular weight excluding hydrogens is 458 g/mol. The van der Waals surface area contributed by atoms with Crippen molar-refractivity contribution in [2.24, 2.45) is 5.92 Å². The maximum absolute atomic E-state index is 13.4.